The van der Waals surface area contributed by atoms with Gasteiger partial charge in [-0.2, -0.15) is 0 Å². The van der Waals surface area contributed by atoms with Gasteiger partial charge in [0, 0.05) is 16.7 Å². The molecule has 3 aromatic carbocycles. The third kappa shape index (κ3) is 5.18. The largest absolute Gasteiger partial charge is 0.493 e. The van der Waals surface area contributed by atoms with Crippen molar-refractivity contribution in [3.63, 3.8) is 0 Å². The maximum atomic E-state index is 5.58. The summed E-state index contributed by atoms with van der Waals surface area (Å²) in [4.78, 5) is 9.67. The maximum Gasteiger partial charge on any atom is 0.162 e. The van der Waals surface area contributed by atoms with Crippen LogP contribution in [-0.4, -0.2) is 30.3 Å². The highest BCUT2D eigenvalue weighted by atomic mass is 16.5. The number of methoxy groups -OCH3 is 1. The molecule has 0 saturated heterocycles. The van der Waals surface area contributed by atoms with E-state index in [1.807, 2.05) is 78.9 Å². The first-order chi connectivity index (χ1) is 16.7. The molecule has 0 radical (unpaired) electrons. The minimum absolute atomic E-state index is 0.159. The van der Waals surface area contributed by atoms with Gasteiger partial charge in [-0.3, -0.25) is 0 Å². The van der Waals surface area contributed by atoms with Gasteiger partial charge in [0.05, 0.1) is 18.5 Å². The summed E-state index contributed by atoms with van der Waals surface area (Å²) in [7, 11) is 1.59. The van der Waals surface area contributed by atoms with Crippen LogP contribution in [0.2, 0.25) is 0 Å². The summed E-state index contributed by atoms with van der Waals surface area (Å²) in [6.45, 7) is 0.380. The van der Waals surface area contributed by atoms with Crippen LogP contribution in [0, 0.1) is 24.7 Å². The summed E-state index contributed by atoms with van der Waals surface area (Å²) in [5.41, 5.74) is 4.23. The van der Waals surface area contributed by atoms with Crippen LogP contribution in [0.5, 0.6) is 17.2 Å². The molecule has 0 amide bonds. The molecule has 4 aromatic rings. The Morgan fingerprint density at radius 3 is 2.00 bits per heavy atom. The van der Waals surface area contributed by atoms with E-state index in [9.17, 15) is 0 Å². The number of ether oxygens (including phenoxy) is 3. The van der Waals surface area contributed by atoms with Gasteiger partial charge >= 0.3 is 0 Å². The lowest BCUT2D eigenvalue weighted by atomic mass is 10.1. The topological polar surface area (TPSA) is 53.5 Å². The zero-order valence-corrected chi connectivity index (χ0v) is 18.7. The van der Waals surface area contributed by atoms with Crippen LogP contribution in [0.3, 0.4) is 0 Å². The lowest BCUT2D eigenvalue weighted by Crippen LogP contribution is -1.99. The first-order valence-corrected chi connectivity index (χ1v) is 10.6. The quantitative estimate of drug-likeness (QED) is 0.334. The van der Waals surface area contributed by atoms with E-state index in [-0.39, 0.29) is 13.2 Å². The number of nitrogens with zero attached hydrogens (tertiary/aromatic N) is 2. The molecule has 5 nitrogen and oxygen atoms in total. The number of hydrogen-bond donors (Lipinski definition) is 0. The highest BCUT2D eigenvalue weighted by Gasteiger charge is 2.13. The van der Waals surface area contributed by atoms with E-state index >= 15 is 0 Å². The highest BCUT2D eigenvalue weighted by Crippen LogP contribution is 2.34. The van der Waals surface area contributed by atoms with Crippen molar-refractivity contribution >= 4 is 0 Å². The number of aromatic nitrogens is 2. The molecule has 0 atom stereocenters. The van der Waals surface area contributed by atoms with Gasteiger partial charge in [0.15, 0.2) is 17.3 Å². The number of benzene rings is 3. The van der Waals surface area contributed by atoms with Crippen molar-refractivity contribution < 1.29 is 14.2 Å². The fourth-order valence-electron chi connectivity index (χ4n) is 3.37. The zero-order chi connectivity index (χ0) is 23.8. The van der Waals surface area contributed by atoms with Crippen molar-refractivity contribution in [1.82, 2.24) is 9.97 Å². The first kappa shape index (κ1) is 22.5. The maximum absolute atomic E-state index is 5.58. The summed E-state index contributed by atoms with van der Waals surface area (Å²) in [5, 5.41) is 0. The van der Waals surface area contributed by atoms with Gasteiger partial charge in [-0.05, 0) is 48.5 Å². The molecule has 34 heavy (non-hydrogen) atoms. The van der Waals surface area contributed by atoms with Gasteiger partial charge in [0.25, 0.3) is 0 Å². The summed E-state index contributed by atoms with van der Waals surface area (Å²) < 4.78 is 16.6. The molecule has 0 aliphatic carbocycles. The summed E-state index contributed by atoms with van der Waals surface area (Å²) >= 11 is 0. The summed E-state index contributed by atoms with van der Waals surface area (Å²) in [6.07, 6.45) is 10.6. The molecule has 166 valence electrons. The Morgan fingerprint density at radius 1 is 0.676 bits per heavy atom. The van der Waals surface area contributed by atoms with Crippen LogP contribution in [0.25, 0.3) is 33.9 Å². The molecule has 0 aliphatic heterocycles. The predicted octanol–water partition coefficient (Wildman–Crippen LogP) is 5.51. The second-order valence-electron chi connectivity index (χ2n) is 7.20. The van der Waals surface area contributed by atoms with E-state index in [2.05, 4.69) is 11.8 Å². The summed E-state index contributed by atoms with van der Waals surface area (Å²) in [5.74, 6) is 7.39. The highest BCUT2D eigenvalue weighted by molar-refractivity contribution is 5.73. The molecule has 1 heterocycles. The number of terminal acetylenes is 2. The molecule has 0 fully saturated rings. The molecule has 0 bridgehead atoms. The van der Waals surface area contributed by atoms with Crippen LogP contribution in [0.4, 0.5) is 0 Å². The average molecular weight is 447 g/mol. The van der Waals surface area contributed by atoms with Crippen LogP contribution < -0.4 is 14.2 Å². The van der Waals surface area contributed by atoms with E-state index < -0.39 is 0 Å². The number of rotatable bonds is 8. The monoisotopic (exact) mass is 446 g/mol. The Bertz CT molecular complexity index is 1350. The van der Waals surface area contributed by atoms with E-state index in [0.717, 1.165) is 28.1 Å². The van der Waals surface area contributed by atoms with Crippen molar-refractivity contribution in [3.8, 4) is 75.8 Å². The van der Waals surface area contributed by atoms with Crippen molar-refractivity contribution in [2.45, 2.75) is 0 Å². The van der Waals surface area contributed by atoms with Crippen LogP contribution >= 0.6 is 0 Å². The van der Waals surface area contributed by atoms with Crippen LogP contribution in [0.1, 0.15) is 0 Å². The standard InChI is InChI=1S/C29H22N2O3/c1-4-17-33-24-14-11-21(12-15-24)25-20-26(31-29(30-25)22-9-7-6-8-10-22)23-13-16-27(34-18-5-2)28(19-23)32-3/h1-2,6-16,19-20H,17-18H2,3H3. The van der Waals surface area contributed by atoms with Crippen molar-refractivity contribution in [2.75, 3.05) is 20.3 Å². The molecular weight excluding hydrogens is 424 g/mol. The summed E-state index contributed by atoms with van der Waals surface area (Å²) in [6, 6.07) is 25.1. The van der Waals surface area contributed by atoms with E-state index in [1.165, 1.54) is 0 Å². The Balaban J connectivity index is 1.79. The predicted molar refractivity (Wildman–Crippen MR) is 134 cm³/mol. The molecule has 0 aliphatic rings. The Labute approximate surface area is 199 Å². The van der Waals surface area contributed by atoms with Crippen molar-refractivity contribution in [3.05, 3.63) is 78.9 Å². The Kier molecular flexibility index (Phi) is 7.08. The first-order valence-electron chi connectivity index (χ1n) is 10.6. The SMILES string of the molecule is C#CCOc1ccc(-c2cc(-c3ccc(OCC#C)c(OC)c3)nc(-c3ccccc3)n2)cc1. The van der Waals surface area contributed by atoms with E-state index in [4.69, 9.17) is 37.0 Å². The third-order valence-corrected chi connectivity index (χ3v) is 5.00. The van der Waals surface area contributed by atoms with Gasteiger partial charge in [-0.1, -0.05) is 42.2 Å². The minimum Gasteiger partial charge on any atom is -0.493 e. The lowest BCUT2D eigenvalue weighted by molar-refractivity contribution is 0.331. The van der Waals surface area contributed by atoms with Gasteiger partial charge < -0.3 is 14.2 Å². The van der Waals surface area contributed by atoms with Crippen molar-refractivity contribution in [1.29, 1.82) is 0 Å². The average Bonchev–Trinajstić information content (AvgIpc) is 2.91. The Morgan fingerprint density at radius 2 is 1.32 bits per heavy atom. The molecule has 1 aromatic heterocycles. The van der Waals surface area contributed by atoms with Gasteiger partial charge in [-0.25, -0.2) is 9.97 Å². The zero-order valence-electron chi connectivity index (χ0n) is 18.7. The van der Waals surface area contributed by atoms with Crippen LogP contribution in [-0.2, 0) is 0 Å². The van der Waals surface area contributed by atoms with E-state index in [1.54, 1.807) is 7.11 Å². The molecule has 0 saturated carbocycles. The molecule has 5 heteroatoms. The minimum atomic E-state index is 0.159. The fourth-order valence-corrected chi connectivity index (χ4v) is 3.37. The molecule has 0 spiro atoms. The molecule has 0 N–H and O–H groups in total. The lowest BCUT2D eigenvalue weighted by Gasteiger charge is -2.13. The second kappa shape index (κ2) is 10.7. The normalized spacial score (nSPS) is 10.1. The smallest absolute Gasteiger partial charge is 0.162 e. The molecular formula is C29H22N2O3. The third-order valence-electron chi connectivity index (χ3n) is 5.00. The Hall–Kier alpha value is -4.74. The second-order valence-corrected chi connectivity index (χ2v) is 7.20. The van der Waals surface area contributed by atoms with Gasteiger partial charge in [-0.15, -0.1) is 12.8 Å². The molecule has 4 rings (SSSR count). The molecule has 0 unspecified atom stereocenters. The van der Waals surface area contributed by atoms with Crippen LogP contribution in [0.15, 0.2) is 78.9 Å². The van der Waals surface area contributed by atoms with Gasteiger partial charge in [0.1, 0.15) is 19.0 Å². The number of hydrogen-bond acceptors (Lipinski definition) is 5. The van der Waals surface area contributed by atoms with Gasteiger partial charge in [0.2, 0.25) is 0 Å². The fraction of sp³-hybridized carbons (Fsp3) is 0.103. The van der Waals surface area contributed by atoms with Crippen molar-refractivity contribution in [2.24, 2.45) is 0 Å². The van der Waals surface area contributed by atoms with E-state index in [0.29, 0.717) is 23.1 Å².